The molecule has 1 amide bonds. The van der Waals surface area contributed by atoms with Crippen LogP contribution in [0.4, 0.5) is 5.69 Å². The van der Waals surface area contributed by atoms with Gasteiger partial charge in [0.1, 0.15) is 5.15 Å². The number of pyridine rings is 1. The lowest BCUT2D eigenvalue weighted by Crippen LogP contribution is -2.11. The fraction of sp³-hybridized carbons (Fsp3) is 0. The molecule has 0 radical (unpaired) electrons. The number of hydrogen-bond acceptors (Lipinski definition) is 5. The molecule has 7 heteroatoms. The van der Waals surface area contributed by atoms with Gasteiger partial charge in [-0.2, -0.15) is 0 Å². The normalized spacial score (nSPS) is 10.6. The smallest absolute Gasteiger partial charge is 0.255 e. The van der Waals surface area contributed by atoms with Crippen LogP contribution in [0, 0.1) is 0 Å². The molecule has 2 aromatic carbocycles. The third-order valence-corrected chi connectivity index (χ3v) is 4.03. The van der Waals surface area contributed by atoms with Crippen molar-refractivity contribution in [1.29, 1.82) is 0 Å². The van der Waals surface area contributed by atoms with Crippen LogP contribution in [0.15, 0.2) is 77.3 Å². The molecule has 2 heterocycles. The number of amides is 1. The molecule has 27 heavy (non-hydrogen) atoms. The Morgan fingerprint density at radius 2 is 1.56 bits per heavy atom. The Hall–Kier alpha value is -3.51. The zero-order chi connectivity index (χ0) is 18.6. The third kappa shape index (κ3) is 3.86. The number of halogens is 1. The second kappa shape index (κ2) is 7.39. The molecule has 4 rings (SSSR count). The summed E-state index contributed by atoms with van der Waals surface area (Å²) in [6.45, 7) is 0. The number of benzene rings is 2. The highest BCUT2D eigenvalue weighted by Crippen LogP contribution is 2.25. The van der Waals surface area contributed by atoms with Gasteiger partial charge in [0.05, 0.1) is 0 Å². The van der Waals surface area contributed by atoms with Crippen LogP contribution >= 0.6 is 11.6 Å². The lowest BCUT2D eigenvalue weighted by Gasteiger charge is -2.05. The second-order valence-electron chi connectivity index (χ2n) is 5.68. The van der Waals surface area contributed by atoms with Crippen LogP contribution in [0.1, 0.15) is 10.4 Å². The standard InChI is InChI=1S/C20H13ClN4O2/c21-17-12-15(10-11-22-17)18(26)23-16-8-6-14(7-9-16)20-25-24-19(27-20)13-4-2-1-3-5-13/h1-12H,(H,23,26). The van der Waals surface area contributed by atoms with Crippen LogP contribution in [0.25, 0.3) is 22.9 Å². The summed E-state index contributed by atoms with van der Waals surface area (Å²) < 4.78 is 5.73. The van der Waals surface area contributed by atoms with E-state index in [-0.39, 0.29) is 11.1 Å². The highest BCUT2D eigenvalue weighted by molar-refractivity contribution is 6.29. The number of carbonyl (C=O) groups excluding carboxylic acids is 1. The Kier molecular flexibility index (Phi) is 4.63. The molecule has 0 aliphatic carbocycles. The molecule has 0 saturated carbocycles. The highest BCUT2D eigenvalue weighted by Gasteiger charge is 2.11. The maximum atomic E-state index is 12.2. The first kappa shape index (κ1) is 16.9. The largest absolute Gasteiger partial charge is 0.416 e. The number of hydrogen-bond donors (Lipinski definition) is 1. The summed E-state index contributed by atoms with van der Waals surface area (Å²) in [6, 6.07) is 19.8. The van der Waals surface area contributed by atoms with Gasteiger partial charge in [-0.25, -0.2) is 4.98 Å². The summed E-state index contributed by atoms with van der Waals surface area (Å²) in [5.74, 6) is 0.599. The summed E-state index contributed by atoms with van der Waals surface area (Å²) in [5, 5.41) is 11.2. The SMILES string of the molecule is O=C(Nc1ccc(-c2nnc(-c3ccccc3)o2)cc1)c1ccnc(Cl)c1. The van der Waals surface area contributed by atoms with Crippen LogP contribution in [0.2, 0.25) is 5.15 Å². The van der Waals surface area contributed by atoms with Gasteiger partial charge >= 0.3 is 0 Å². The molecular weight excluding hydrogens is 364 g/mol. The van der Waals surface area contributed by atoms with Crippen LogP contribution in [0.5, 0.6) is 0 Å². The van der Waals surface area contributed by atoms with Gasteiger partial charge in [-0.15, -0.1) is 10.2 Å². The van der Waals surface area contributed by atoms with E-state index in [4.69, 9.17) is 16.0 Å². The average Bonchev–Trinajstić information content (AvgIpc) is 3.19. The fourth-order valence-electron chi connectivity index (χ4n) is 2.48. The summed E-state index contributed by atoms with van der Waals surface area (Å²) >= 11 is 5.81. The van der Waals surface area contributed by atoms with E-state index in [0.29, 0.717) is 23.0 Å². The summed E-state index contributed by atoms with van der Waals surface area (Å²) in [7, 11) is 0. The maximum absolute atomic E-state index is 12.2. The van der Waals surface area contributed by atoms with Crippen molar-refractivity contribution in [3.63, 3.8) is 0 Å². The minimum Gasteiger partial charge on any atom is -0.416 e. The molecule has 0 aliphatic heterocycles. The molecule has 0 saturated heterocycles. The first-order chi connectivity index (χ1) is 13.2. The van der Waals surface area contributed by atoms with E-state index in [2.05, 4.69) is 20.5 Å². The molecule has 4 aromatic rings. The lowest BCUT2D eigenvalue weighted by molar-refractivity contribution is 0.102. The monoisotopic (exact) mass is 376 g/mol. The van der Waals surface area contributed by atoms with Gasteiger partial charge in [0, 0.05) is 28.6 Å². The van der Waals surface area contributed by atoms with Crippen molar-refractivity contribution in [2.24, 2.45) is 0 Å². The first-order valence-corrected chi connectivity index (χ1v) is 8.49. The summed E-state index contributed by atoms with van der Waals surface area (Å²) in [5.41, 5.74) is 2.69. The number of anilines is 1. The molecule has 1 N–H and O–H groups in total. The Morgan fingerprint density at radius 1 is 0.889 bits per heavy atom. The summed E-state index contributed by atoms with van der Waals surface area (Å²) in [6.07, 6.45) is 1.49. The van der Waals surface area contributed by atoms with Gasteiger partial charge in [-0.1, -0.05) is 29.8 Å². The topological polar surface area (TPSA) is 80.9 Å². The molecule has 0 bridgehead atoms. The number of nitrogens with zero attached hydrogens (tertiary/aromatic N) is 3. The van der Waals surface area contributed by atoms with Crippen molar-refractivity contribution in [1.82, 2.24) is 15.2 Å². The molecule has 0 fully saturated rings. The number of nitrogens with one attached hydrogen (secondary N) is 1. The Labute approximate surface area is 159 Å². The van der Waals surface area contributed by atoms with E-state index >= 15 is 0 Å². The molecular formula is C20H13ClN4O2. The fourth-order valence-corrected chi connectivity index (χ4v) is 2.65. The van der Waals surface area contributed by atoms with Crippen molar-refractivity contribution in [2.45, 2.75) is 0 Å². The number of carbonyl (C=O) groups is 1. The molecule has 6 nitrogen and oxygen atoms in total. The first-order valence-electron chi connectivity index (χ1n) is 8.11. The zero-order valence-corrected chi connectivity index (χ0v) is 14.7. The molecule has 0 aliphatic rings. The van der Waals surface area contributed by atoms with Crippen molar-refractivity contribution in [3.05, 3.63) is 83.6 Å². The van der Waals surface area contributed by atoms with Crippen LogP contribution < -0.4 is 5.32 Å². The lowest BCUT2D eigenvalue weighted by atomic mass is 10.2. The Bertz CT molecular complexity index is 1080. The third-order valence-electron chi connectivity index (χ3n) is 3.82. The molecule has 2 aromatic heterocycles. The Morgan fingerprint density at radius 3 is 2.22 bits per heavy atom. The molecule has 0 atom stereocenters. The van der Waals surface area contributed by atoms with E-state index in [1.807, 2.05) is 30.3 Å². The average molecular weight is 377 g/mol. The predicted molar refractivity (Wildman–Crippen MR) is 102 cm³/mol. The zero-order valence-electron chi connectivity index (χ0n) is 14.0. The van der Waals surface area contributed by atoms with Crippen molar-refractivity contribution < 1.29 is 9.21 Å². The van der Waals surface area contributed by atoms with Crippen molar-refractivity contribution in [2.75, 3.05) is 5.32 Å². The highest BCUT2D eigenvalue weighted by atomic mass is 35.5. The van der Waals surface area contributed by atoms with E-state index in [0.717, 1.165) is 11.1 Å². The van der Waals surface area contributed by atoms with Crippen LogP contribution in [0.3, 0.4) is 0 Å². The van der Waals surface area contributed by atoms with E-state index in [9.17, 15) is 4.79 Å². The number of rotatable bonds is 4. The molecule has 132 valence electrons. The molecule has 0 spiro atoms. The van der Waals surface area contributed by atoms with Gasteiger partial charge in [-0.05, 0) is 48.5 Å². The van der Waals surface area contributed by atoms with Crippen molar-refractivity contribution >= 4 is 23.2 Å². The second-order valence-corrected chi connectivity index (χ2v) is 6.06. The van der Waals surface area contributed by atoms with Gasteiger partial charge in [0.25, 0.3) is 5.91 Å². The minimum absolute atomic E-state index is 0.267. The van der Waals surface area contributed by atoms with Gasteiger partial charge < -0.3 is 9.73 Å². The predicted octanol–water partition coefficient (Wildman–Crippen LogP) is 4.70. The van der Waals surface area contributed by atoms with Gasteiger partial charge in [-0.3, -0.25) is 4.79 Å². The van der Waals surface area contributed by atoms with E-state index < -0.39 is 0 Å². The van der Waals surface area contributed by atoms with Gasteiger partial charge in [0.2, 0.25) is 11.8 Å². The molecule has 0 unspecified atom stereocenters. The maximum Gasteiger partial charge on any atom is 0.255 e. The minimum atomic E-state index is -0.267. The van der Waals surface area contributed by atoms with Crippen molar-refractivity contribution in [3.8, 4) is 22.9 Å². The Balaban J connectivity index is 1.49. The van der Waals surface area contributed by atoms with E-state index in [1.165, 1.54) is 12.3 Å². The number of aromatic nitrogens is 3. The summed E-state index contributed by atoms with van der Waals surface area (Å²) in [4.78, 5) is 16.1. The van der Waals surface area contributed by atoms with Crippen LogP contribution in [-0.2, 0) is 0 Å². The van der Waals surface area contributed by atoms with E-state index in [1.54, 1.807) is 30.3 Å². The van der Waals surface area contributed by atoms with Gasteiger partial charge in [0.15, 0.2) is 0 Å². The van der Waals surface area contributed by atoms with Crippen LogP contribution in [-0.4, -0.2) is 21.1 Å². The quantitative estimate of drug-likeness (QED) is 0.522.